The van der Waals surface area contributed by atoms with E-state index in [0.29, 0.717) is 0 Å². The SMILES string of the molecule is CCC1CC2CC(C2)C1CC. The van der Waals surface area contributed by atoms with E-state index in [1.807, 2.05) is 0 Å². The molecule has 3 saturated carbocycles. The van der Waals surface area contributed by atoms with E-state index in [1.54, 1.807) is 19.3 Å². The quantitative estimate of drug-likeness (QED) is 0.568. The van der Waals surface area contributed by atoms with Crippen LogP contribution in [-0.4, -0.2) is 0 Å². The summed E-state index contributed by atoms with van der Waals surface area (Å²) >= 11 is 0. The maximum absolute atomic E-state index is 2.38. The largest absolute Gasteiger partial charge is 0.0651 e. The molecule has 11 heavy (non-hydrogen) atoms. The maximum Gasteiger partial charge on any atom is -0.0360 e. The second-order valence-corrected chi connectivity index (χ2v) is 4.57. The van der Waals surface area contributed by atoms with Crippen molar-refractivity contribution in [3.63, 3.8) is 0 Å². The van der Waals surface area contributed by atoms with Gasteiger partial charge < -0.3 is 0 Å². The van der Waals surface area contributed by atoms with Crippen LogP contribution >= 0.6 is 0 Å². The first-order valence-corrected chi connectivity index (χ1v) is 5.35. The number of hydrogen-bond donors (Lipinski definition) is 0. The van der Waals surface area contributed by atoms with Crippen molar-refractivity contribution < 1.29 is 0 Å². The smallest absolute Gasteiger partial charge is 0.0360 e. The first-order valence-electron chi connectivity index (χ1n) is 5.35. The van der Waals surface area contributed by atoms with Crippen molar-refractivity contribution in [1.29, 1.82) is 0 Å². The Kier molecular flexibility index (Phi) is 1.95. The summed E-state index contributed by atoms with van der Waals surface area (Å²) in [5.41, 5.74) is 0. The van der Waals surface area contributed by atoms with E-state index < -0.39 is 0 Å². The monoisotopic (exact) mass is 152 g/mol. The standard InChI is InChI=1S/C11H20/c1-3-9-5-8-6-10(7-8)11(9)4-2/h8-11H,3-7H2,1-2H3. The molecular formula is C11H20. The Balaban J connectivity index is 1.99. The predicted molar refractivity (Wildman–Crippen MR) is 48.4 cm³/mol. The van der Waals surface area contributed by atoms with Crippen molar-refractivity contribution in [3.8, 4) is 0 Å². The van der Waals surface area contributed by atoms with Crippen LogP contribution in [0.15, 0.2) is 0 Å². The van der Waals surface area contributed by atoms with Crippen LogP contribution in [0.5, 0.6) is 0 Å². The topological polar surface area (TPSA) is 0 Å². The molecule has 0 nitrogen and oxygen atoms in total. The Hall–Kier alpha value is 0. The molecule has 0 N–H and O–H groups in total. The highest BCUT2D eigenvalue weighted by atomic mass is 14.5. The molecule has 0 heteroatoms. The van der Waals surface area contributed by atoms with Crippen molar-refractivity contribution >= 4 is 0 Å². The average molecular weight is 152 g/mol. The predicted octanol–water partition coefficient (Wildman–Crippen LogP) is 3.47. The minimum absolute atomic E-state index is 1.09. The Bertz CT molecular complexity index is 133. The van der Waals surface area contributed by atoms with Gasteiger partial charge in [0.05, 0.1) is 0 Å². The summed E-state index contributed by atoms with van der Waals surface area (Å²) in [6.45, 7) is 4.75. The zero-order valence-electron chi connectivity index (χ0n) is 7.84. The van der Waals surface area contributed by atoms with Gasteiger partial charge in [-0.25, -0.2) is 0 Å². The van der Waals surface area contributed by atoms with Crippen molar-refractivity contribution in [3.05, 3.63) is 0 Å². The van der Waals surface area contributed by atoms with Gasteiger partial charge in [0.15, 0.2) is 0 Å². The third-order valence-electron chi connectivity index (χ3n) is 4.12. The molecule has 2 bridgehead atoms. The zero-order chi connectivity index (χ0) is 7.84. The lowest BCUT2D eigenvalue weighted by molar-refractivity contribution is -0.00569. The first kappa shape index (κ1) is 7.64. The molecule has 0 aromatic carbocycles. The maximum atomic E-state index is 2.38. The Labute approximate surface area is 70.4 Å². The third-order valence-corrected chi connectivity index (χ3v) is 4.12. The molecule has 0 aromatic heterocycles. The van der Waals surface area contributed by atoms with Gasteiger partial charge >= 0.3 is 0 Å². The number of hydrogen-bond acceptors (Lipinski definition) is 0. The van der Waals surface area contributed by atoms with Crippen LogP contribution in [0.3, 0.4) is 0 Å². The molecule has 0 amide bonds. The normalized spacial score (nSPS) is 48.5. The highest BCUT2D eigenvalue weighted by Gasteiger charge is 2.43. The van der Waals surface area contributed by atoms with E-state index in [0.717, 1.165) is 23.7 Å². The molecule has 0 radical (unpaired) electrons. The Morgan fingerprint density at radius 2 is 1.73 bits per heavy atom. The van der Waals surface area contributed by atoms with Gasteiger partial charge in [-0.3, -0.25) is 0 Å². The Morgan fingerprint density at radius 3 is 2.18 bits per heavy atom. The summed E-state index contributed by atoms with van der Waals surface area (Å²) in [5, 5.41) is 0. The molecule has 0 saturated heterocycles. The van der Waals surface area contributed by atoms with Gasteiger partial charge in [-0.05, 0) is 42.9 Å². The van der Waals surface area contributed by atoms with Crippen molar-refractivity contribution in [2.45, 2.75) is 46.0 Å². The molecule has 3 rings (SSSR count). The fourth-order valence-corrected chi connectivity index (χ4v) is 3.45. The van der Waals surface area contributed by atoms with Gasteiger partial charge in [-0.1, -0.05) is 26.7 Å². The first-order chi connectivity index (χ1) is 5.35. The van der Waals surface area contributed by atoms with Crippen molar-refractivity contribution in [1.82, 2.24) is 0 Å². The molecule has 2 unspecified atom stereocenters. The fraction of sp³-hybridized carbons (Fsp3) is 1.00. The van der Waals surface area contributed by atoms with Crippen LogP contribution in [0, 0.1) is 23.7 Å². The van der Waals surface area contributed by atoms with E-state index in [1.165, 1.54) is 12.8 Å². The molecular weight excluding hydrogens is 132 g/mol. The minimum Gasteiger partial charge on any atom is -0.0651 e. The second kappa shape index (κ2) is 2.80. The van der Waals surface area contributed by atoms with Crippen LogP contribution in [-0.2, 0) is 0 Å². The van der Waals surface area contributed by atoms with Gasteiger partial charge in [-0.2, -0.15) is 0 Å². The summed E-state index contributed by atoms with van der Waals surface area (Å²) in [6, 6.07) is 0. The molecule has 3 fully saturated rings. The average Bonchev–Trinajstić information content (AvgIpc) is 2.01. The lowest BCUT2D eigenvalue weighted by atomic mass is 9.55. The van der Waals surface area contributed by atoms with Crippen molar-refractivity contribution in [2.75, 3.05) is 0 Å². The number of rotatable bonds is 2. The summed E-state index contributed by atoms with van der Waals surface area (Å²) in [4.78, 5) is 0. The van der Waals surface area contributed by atoms with Crippen LogP contribution < -0.4 is 0 Å². The molecule has 0 heterocycles. The van der Waals surface area contributed by atoms with Crippen LogP contribution in [0.2, 0.25) is 0 Å². The van der Waals surface area contributed by atoms with E-state index in [2.05, 4.69) is 13.8 Å². The molecule has 3 aliphatic rings. The molecule has 0 aliphatic heterocycles. The van der Waals surface area contributed by atoms with Crippen LogP contribution in [0.1, 0.15) is 46.0 Å². The van der Waals surface area contributed by atoms with E-state index in [4.69, 9.17) is 0 Å². The van der Waals surface area contributed by atoms with E-state index >= 15 is 0 Å². The minimum atomic E-state index is 1.09. The van der Waals surface area contributed by atoms with Gasteiger partial charge in [0.1, 0.15) is 0 Å². The summed E-state index contributed by atoms with van der Waals surface area (Å²) in [7, 11) is 0. The Morgan fingerprint density at radius 1 is 1.00 bits per heavy atom. The van der Waals surface area contributed by atoms with Gasteiger partial charge in [0.25, 0.3) is 0 Å². The second-order valence-electron chi connectivity index (χ2n) is 4.57. The summed E-state index contributed by atoms with van der Waals surface area (Å²) < 4.78 is 0. The highest BCUT2D eigenvalue weighted by Crippen LogP contribution is 2.53. The third kappa shape index (κ3) is 1.11. The van der Waals surface area contributed by atoms with Gasteiger partial charge in [0.2, 0.25) is 0 Å². The molecule has 0 aromatic rings. The van der Waals surface area contributed by atoms with Crippen LogP contribution in [0.4, 0.5) is 0 Å². The van der Waals surface area contributed by atoms with Gasteiger partial charge in [0, 0.05) is 0 Å². The molecule has 2 atom stereocenters. The lowest BCUT2D eigenvalue weighted by Gasteiger charge is -2.51. The van der Waals surface area contributed by atoms with Crippen LogP contribution in [0.25, 0.3) is 0 Å². The molecule has 0 spiro atoms. The summed E-state index contributed by atoms with van der Waals surface area (Å²) in [6.07, 6.45) is 7.59. The number of fused-ring (bicyclic) bond motifs is 2. The zero-order valence-corrected chi connectivity index (χ0v) is 7.84. The van der Waals surface area contributed by atoms with E-state index in [-0.39, 0.29) is 0 Å². The molecule has 64 valence electrons. The fourth-order valence-electron chi connectivity index (χ4n) is 3.45. The van der Waals surface area contributed by atoms with E-state index in [9.17, 15) is 0 Å². The van der Waals surface area contributed by atoms with Crippen molar-refractivity contribution in [2.24, 2.45) is 23.7 Å². The molecule has 3 aliphatic carbocycles. The highest BCUT2D eigenvalue weighted by molar-refractivity contribution is 4.93. The van der Waals surface area contributed by atoms with Gasteiger partial charge in [-0.15, -0.1) is 0 Å². The lowest BCUT2D eigenvalue weighted by Crippen LogP contribution is -2.41. The summed E-state index contributed by atoms with van der Waals surface area (Å²) in [5.74, 6) is 4.49.